The van der Waals surface area contributed by atoms with Gasteiger partial charge in [0, 0.05) is 0 Å². The zero-order chi connectivity index (χ0) is 15.5. The topological polar surface area (TPSA) is 70.0 Å². The molecule has 2 aromatic carbocycles. The van der Waals surface area contributed by atoms with Crippen molar-refractivity contribution in [1.29, 1.82) is 5.26 Å². The van der Waals surface area contributed by atoms with Crippen LogP contribution in [0.2, 0.25) is 0 Å². The maximum absolute atomic E-state index is 12.3. The van der Waals surface area contributed by atoms with Crippen LogP contribution in [0.3, 0.4) is 0 Å². The number of rotatable bonds is 4. The minimum absolute atomic E-state index is 0.203. The summed E-state index contributed by atoms with van der Waals surface area (Å²) < 4.78 is 27.1. The summed E-state index contributed by atoms with van der Waals surface area (Å²) in [7, 11) is -3.64. The predicted molar refractivity (Wildman–Crippen MR) is 82.5 cm³/mol. The Morgan fingerprint density at radius 1 is 1.10 bits per heavy atom. The number of anilines is 1. The van der Waals surface area contributed by atoms with Crippen molar-refractivity contribution in [1.82, 2.24) is 0 Å². The predicted octanol–water partition coefficient (Wildman–Crippen LogP) is 3.48. The van der Waals surface area contributed by atoms with Crippen LogP contribution in [-0.4, -0.2) is 8.42 Å². The molecule has 0 heterocycles. The lowest BCUT2D eigenvalue weighted by Crippen LogP contribution is -2.13. The summed E-state index contributed by atoms with van der Waals surface area (Å²) in [6.45, 7) is 4.10. The normalized spacial score (nSPS) is 11.1. The first-order valence-electron chi connectivity index (χ1n) is 6.55. The highest BCUT2D eigenvalue weighted by molar-refractivity contribution is 7.92. The molecule has 0 spiro atoms. The first kappa shape index (κ1) is 15.1. The molecule has 0 aliphatic rings. The second-order valence-corrected chi connectivity index (χ2v) is 6.70. The van der Waals surface area contributed by atoms with Gasteiger partial charge in [-0.05, 0) is 41.8 Å². The molecule has 21 heavy (non-hydrogen) atoms. The van der Waals surface area contributed by atoms with Gasteiger partial charge in [0.15, 0.2) is 0 Å². The lowest BCUT2D eigenvalue weighted by molar-refractivity contribution is 0.601. The van der Waals surface area contributed by atoms with Crippen LogP contribution in [0.25, 0.3) is 0 Å². The highest BCUT2D eigenvalue weighted by Gasteiger charge is 2.14. The van der Waals surface area contributed by atoms with Crippen LogP contribution in [-0.2, 0) is 10.0 Å². The maximum Gasteiger partial charge on any atom is 0.261 e. The third-order valence-corrected chi connectivity index (χ3v) is 4.50. The Bertz CT molecular complexity index is 773. The van der Waals surface area contributed by atoms with E-state index < -0.39 is 10.0 Å². The number of benzene rings is 2. The quantitative estimate of drug-likeness (QED) is 0.939. The van der Waals surface area contributed by atoms with Gasteiger partial charge in [0.05, 0.1) is 22.2 Å². The van der Waals surface area contributed by atoms with Crippen LogP contribution >= 0.6 is 0 Å². The fraction of sp³-hybridized carbons (Fsp3) is 0.188. The first-order valence-corrected chi connectivity index (χ1v) is 8.03. The van der Waals surface area contributed by atoms with Gasteiger partial charge in [0.1, 0.15) is 0 Å². The lowest BCUT2D eigenvalue weighted by atomic mass is 10.0. The van der Waals surface area contributed by atoms with Gasteiger partial charge in [-0.2, -0.15) is 5.26 Å². The van der Waals surface area contributed by atoms with Gasteiger partial charge in [-0.3, -0.25) is 4.72 Å². The molecule has 108 valence electrons. The number of sulfonamides is 1. The number of nitriles is 1. The molecular formula is C16H16N2O2S. The number of hydrogen-bond acceptors (Lipinski definition) is 3. The molecule has 1 N–H and O–H groups in total. The van der Waals surface area contributed by atoms with E-state index in [1.165, 1.54) is 6.07 Å². The maximum atomic E-state index is 12.3. The van der Waals surface area contributed by atoms with E-state index in [1.807, 2.05) is 18.2 Å². The molecule has 0 saturated carbocycles. The Balaban J connectivity index is 2.27. The van der Waals surface area contributed by atoms with Crippen molar-refractivity contribution >= 4 is 15.7 Å². The van der Waals surface area contributed by atoms with Crippen LogP contribution in [0.5, 0.6) is 0 Å². The molecule has 4 nitrogen and oxygen atoms in total. The zero-order valence-corrected chi connectivity index (χ0v) is 12.7. The summed E-state index contributed by atoms with van der Waals surface area (Å²) in [4.78, 5) is 0.203. The second kappa shape index (κ2) is 5.98. The third kappa shape index (κ3) is 3.61. The Morgan fingerprint density at radius 2 is 1.76 bits per heavy atom. The van der Waals surface area contributed by atoms with Crippen LogP contribution in [0.4, 0.5) is 5.69 Å². The summed E-state index contributed by atoms with van der Waals surface area (Å²) in [5.41, 5.74) is 1.87. The van der Waals surface area contributed by atoms with Gasteiger partial charge < -0.3 is 0 Å². The van der Waals surface area contributed by atoms with E-state index in [2.05, 4.69) is 18.6 Å². The molecule has 0 saturated heterocycles. The summed E-state index contributed by atoms with van der Waals surface area (Å²) in [5, 5.41) is 8.83. The number of nitrogens with zero attached hydrogens (tertiary/aromatic N) is 1. The van der Waals surface area contributed by atoms with Gasteiger partial charge >= 0.3 is 0 Å². The van der Waals surface area contributed by atoms with E-state index >= 15 is 0 Å². The summed E-state index contributed by atoms with van der Waals surface area (Å²) in [6.07, 6.45) is 0. The monoisotopic (exact) mass is 300 g/mol. The van der Waals surface area contributed by atoms with Gasteiger partial charge in [0.25, 0.3) is 10.0 Å². The number of hydrogen-bond donors (Lipinski definition) is 1. The van der Waals surface area contributed by atoms with E-state index in [0.29, 0.717) is 17.2 Å². The summed E-state index contributed by atoms with van der Waals surface area (Å²) in [6, 6.07) is 15.1. The lowest BCUT2D eigenvalue weighted by Gasteiger charge is -2.10. The standard InChI is InChI=1S/C16H16N2O2S/c1-12(2)14-6-8-16(9-7-14)21(19,20)18-15-5-3-4-13(10-15)11-17/h3-10,12,18H,1-2H3. The molecule has 0 aromatic heterocycles. The molecule has 5 heteroatoms. The van der Waals surface area contributed by atoms with Crippen LogP contribution < -0.4 is 4.72 Å². The van der Waals surface area contributed by atoms with E-state index in [0.717, 1.165) is 5.56 Å². The van der Waals surface area contributed by atoms with Gasteiger partial charge in [-0.1, -0.05) is 32.0 Å². The van der Waals surface area contributed by atoms with Crippen LogP contribution in [0.15, 0.2) is 53.4 Å². The average molecular weight is 300 g/mol. The minimum atomic E-state index is -3.64. The molecule has 2 rings (SSSR count). The first-order chi connectivity index (χ1) is 9.92. The number of nitrogens with one attached hydrogen (secondary N) is 1. The van der Waals surface area contributed by atoms with Crippen molar-refractivity contribution in [2.75, 3.05) is 4.72 Å². The molecular weight excluding hydrogens is 284 g/mol. The van der Waals surface area contributed by atoms with Crippen molar-refractivity contribution in [2.45, 2.75) is 24.7 Å². The fourth-order valence-electron chi connectivity index (χ4n) is 1.90. The Kier molecular flexibility index (Phi) is 4.29. The van der Waals surface area contributed by atoms with Crippen molar-refractivity contribution < 1.29 is 8.42 Å². The minimum Gasteiger partial charge on any atom is -0.280 e. The third-order valence-electron chi connectivity index (χ3n) is 3.10. The molecule has 0 fully saturated rings. The summed E-state index contributed by atoms with van der Waals surface area (Å²) in [5.74, 6) is 0.349. The molecule has 0 aliphatic heterocycles. The Labute approximate surface area is 125 Å². The molecule has 0 bridgehead atoms. The Hall–Kier alpha value is -2.32. The highest BCUT2D eigenvalue weighted by Crippen LogP contribution is 2.20. The van der Waals surface area contributed by atoms with E-state index in [4.69, 9.17) is 5.26 Å². The smallest absolute Gasteiger partial charge is 0.261 e. The zero-order valence-electron chi connectivity index (χ0n) is 11.9. The average Bonchev–Trinajstić information content (AvgIpc) is 2.47. The fourth-order valence-corrected chi connectivity index (χ4v) is 2.95. The van der Waals surface area contributed by atoms with Gasteiger partial charge in [0.2, 0.25) is 0 Å². The molecule has 0 aliphatic carbocycles. The van der Waals surface area contributed by atoms with Crippen LogP contribution in [0, 0.1) is 11.3 Å². The van der Waals surface area contributed by atoms with Crippen molar-refractivity contribution in [3.63, 3.8) is 0 Å². The van der Waals surface area contributed by atoms with E-state index in [-0.39, 0.29) is 4.90 Å². The second-order valence-electron chi connectivity index (χ2n) is 5.02. The van der Waals surface area contributed by atoms with Crippen molar-refractivity contribution in [3.8, 4) is 6.07 Å². The SMILES string of the molecule is CC(C)c1ccc(S(=O)(=O)Nc2cccc(C#N)c2)cc1. The molecule has 0 unspecified atom stereocenters. The Morgan fingerprint density at radius 3 is 2.33 bits per heavy atom. The van der Waals surface area contributed by atoms with Gasteiger partial charge in [-0.15, -0.1) is 0 Å². The van der Waals surface area contributed by atoms with Crippen molar-refractivity contribution in [3.05, 3.63) is 59.7 Å². The molecule has 2 aromatic rings. The molecule has 0 atom stereocenters. The van der Waals surface area contributed by atoms with Crippen molar-refractivity contribution in [2.24, 2.45) is 0 Å². The largest absolute Gasteiger partial charge is 0.280 e. The van der Waals surface area contributed by atoms with Gasteiger partial charge in [-0.25, -0.2) is 8.42 Å². The van der Waals surface area contributed by atoms with E-state index in [9.17, 15) is 8.42 Å². The molecule has 0 radical (unpaired) electrons. The molecule has 0 amide bonds. The van der Waals surface area contributed by atoms with E-state index in [1.54, 1.807) is 30.3 Å². The highest BCUT2D eigenvalue weighted by atomic mass is 32.2. The summed E-state index contributed by atoms with van der Waals surface area (Å²) >= 11 is 0. The van der Waals surface area contributed by atoms with Crippen LogP contribution in [0.1, 0.15) is 30.9 Å².